The summed E-state index contributed by atoms with van der Waals surface area (Å²) in [5, 5.41) is 19.2. The Bertz CT molecular complexity index is 710. The molecule has 0 amide bonds. The van der Waals surface area contributed by atoms with E-state index in [1.54, 1.807) is 0 Å². The van der Waals surface area contributed by atoms with Crippen LogP contribution in [0, 0.1) is 46.3 Å². The van der Waals surface area contributed by atoms with Gasteiger partial charge in [0.1, 0.15) is 0 Å². The minimum absolute atomic E-state index is 0.0434. The van der Waals surface area contributed by atoms with Crippen LogP contribution in [0.25, 0.3) is 0 Å². The Hall–Kier alpha value is -1.32. The van der Waals surface area contributed by atoms with Gasteiger partial charge >= 0.3 is 11.9 Å². The molecule has 0 aromatic rings. The summed E-state index contributed by atoms with van der Waals surface area (Å²) in [6, 6.07) is 0. The van der Waals surface area contributed by atoms with Crippen LogP contribution in [0.3, 0.4) is 0 Å². The largest absolute Gasteiger partial charge is 0.481 e. The maximum atomic E-state index is 12.1. The lowest BCUT2D eigenvalue weighted by atomic mass is 9.48. The fourth-order valence-corrected chi connectivity index (χ4v) is 8.14. The molecule has 0 aromatic heterocycles. The van der Waals surface area contributed by atoms with Gasteiger partial charge in [-0.15, -0.1) is 0 Å². The van der Waals surface area contributed by atoms with Crippen molar-refractivity contribution in [2.75, 3.05) is 0 Å². The molecule has 4 unspecified atom stereocenters. The van der Waals surface area contributed by atoms with E-state index in [-0.39, 0.29) is 12.3 Å². The number of carbonyl (C=O) groups is 2. The highest BCUT2D eigenvalue weighted by Gasteiger charge is 2.59. The molecular formula is C27H44O4. The highest BCUT2D eigenvalue weighted by atomic mass is 16.4. The van der Waals surface area contributed by atoms with Crippen molar-refractivity contribution < 1.29 is 19.8 Å². The first-order valence-electron chi connectivity index (χ1n) is 12.7. The molecule has 7 atom stereocenters. The zero-order valence-corrected chi connectivity index (χ0v) is 20.3. The molecular weight excluding hydrogens is 388 g/mol. The molecule has 0 spiro atoms. The summed E-state index contributed by atoms with van der Waals surface area (Å²) in [6.45, 7) is 11.6. The fourth-order valence-electron chi connectivity index (χ4n) is 8.14. The van der Waals surface area contributed by atoms with Crippen LogP contribution in [0.5, 0.6) is 0 Å². The lowest BCUT2D eigenvalue weighted by Crippen LogP contribution is -2.50. The summed E-state index contributed by atoms with van der Waals surface area (Å²) in [5.41, 5.74) is 0.283. The van der Waals surface area contributed by atoms with Crippen LogP contribution in [0.4, 0.5) is 0 Å². The van der Waals surface area contributed by atoms with E-state index < -0.39 is 17.4 Å². The van der Waals surface area contributed by atoms with Gasteiger partial charge in [0.15, 0.2) is 0 Å². The van der Waals surface area contributed by atoms with E-state index in [1.807, 2.05) is 13.0 Å². The van der Waals surface area contributed by atoms with Gasteiger partial charge in [0.25, 0.3) is 0 Å². The molecule has 4 nitrogen and oxygen atoms in total. The third kappa shape index (κ3) is 4.59. The molecule has 0 saturated heterocycles. The molecule has 31 heavy (non-hydrogen) atoms. The van der Waals surface area contributed by atoms with Gasteiger partial charge in [-0.3, -0.25) is 4.79 Å². The first-order chi connectivity index (χ1) is 14.5. The fraction of sp³-hybridized carbons (Fsp3) is 0.852. The second-order valence-electron chi connectivity index (χ2n) is 11.9. The number of hydrogen-bond acceptors (Lipinski definition) is 2. The summed E-state index contributed by atoms with van der Waals surface area (Å²) in [7, 11) is 0. The average molecular weight is 433 g/mol. The number of carboxylic acids is 2. The average Bonchev–Trinajstić information content (AvgIpc) is 3.03. The van der Waals surface area contributed by atoms with Crippen molar-refractivity contribution in [2.45, 2.75) is 98.8 Å². The number of rotatable bonds is 9. The third-order valence-electron chi connectivity index (χ3n) is 9.75. The van der Waals surface area contributed by atoms with Crippen LogP contribution >= 0.6 is 0 Å². The van der Waals surface area contributed by atoms with Gasteiger partial charge < -0.3 is 10.2 Å². The molecule has 2 N–H and O–H groups in total. The van der Waals surface area contributed by atoms with E-state index in [2.05, 4.69) is 27.7 Å². The van der Waals surface area contributed by atoms with Crippen LogP contribution in [0.1, 0.15) is 98.8 Å². The summed E-state index contributed by atoms with van der Waals surface area (Å²) in [5.74, 6) is 2.02. The molecule has 0 heterocycles. The zero-order valence-electron chi connectivity index (χ0n) is 20.3. The number of carboxylic acid groups (broad SMARTS) is 2. The monoisotopic (exact) mass is 432 g/mol. The van der Waals surface area contributed by atoms with E-state index in [4.69, 9.17) is 0 Å². The van der Waals surface area contributed by atoms with Gasteiger partial charge in [-0.25, -0.2) is 4.79 Å². The van der Waals surface area contributed by atoms with Gasteiger partial charge in [0.05, 0.1) is 0 Å². The summed E-state index contributed by atoms with van der Waals surface area (Å²) >= 11 is 0. The molecule has 0 aliphatic heterocycles. The lowest BCUT2D eigenvalue weighted by Gasteiger charge is -2.56. The van der Waals surface area contributed by atoms with Crippen molar-refractivity contribution in [1.82, 2.24) is 0 Å². The first kappa shape index (κ1) is 24.3. The van der Waals surface area contributed by atoms with Gasteiger partial charge in [-0.2, -0.15) is 0 Å². The quantitative estimate of drug-likeness (QED) is 0.420. The normalized spacial score (nSPS) is 38.3. The second kappa shape index (κ2) is 9.27. The minimum atomic E-state index is -0.859. The molecule has 3 rings (SSSR count). The van der Waals surface area contributed by atoms with Crippen molar-refractivity contribution in [1.29, 1.82) is 0 Å². The Morgan fingerprint density at radius 1 is 1.06 bits per heavy atom. The van der Waals surface area contributed by atoms with E-state index in [9.17, 15) is 19.8 Å². The van der Waals surface area contributed by atoms with Crippen LogP contribution in [-0.2, 0) is 9.59 Å². The van der Waals surface area contributed by atoms with Crippen molar-refractivity contribution in [3.8, 4) is 0 Å². The van der Waals surface area contributed by atoms with Crippen molar-refractivity contribution in [2.24, 2.45) is 46.3 Å². The first-order valence-corrected chi connectivity index (χ1v) is 12.7. The predicted molar refractivity (Wildman–Crippen MR) is 124 cm³/mol. The highest BCUT2D eigenvalue weighted by molar-refractivity contribution is 5.88. The third-order valence-corrected chi connectivity index (χ3v) is 9.75. The van der Waals surface area contributed by atoms with Gasteiger partial charge in [0.2, 0.25) is 0 Å². The molecule has 0 radical (unpaired) electrons. The molecule has 176 valence electrons. The standard InChI is InChI=1S/C27H44O4/c1-17(2)7-6-8-18(3)20-11-12-21-19-9-10-23(25(30)31)27(5,16-14-24(28)29)22(19)13-15-26(20,21)4/h10,17-22H,6-9,11-16H2,1-5H3,(H,28,29)(H,30,31)/t18-,19?,20?,21?,22?,26-,27-/m1/s1. The molecule has 2 fully saturated rings. The molecule has 4 heteroatoms. The molecule has 3 aliphatic carbocycles. The zero-order chi connectivity index (χ0) is 23.0. The molecule has 0 bridgehead atoms. The number of aliphatic carboxylic acids is 2. The van der Waals surface area contributed by atoms with Gasteiger partial charge in [-0.05, 0) is 79.4 Å². The predicted octanol–water partition coefficient (Wildman–Crippen LogP) is 6.79. The Balaban J connectivity index is 1.80. The lowest BCUT2D eigenvalue weighted by molar-refractivity contribution is -0.140. The van der Waals surface area contributed by atoms with E-state index >= 15 is 0 Å². The molecule has 2 saturated carbocycles. The topological polar surface area (TPSA) is 74.6 Å². The Kier molecular flexibility index (Phi) is 7.28. The van der Waals surface area contributed by atoms with E-state index in [0.29, 0.717) is 29.2 Å². The van der Waals surface area contributed by atoms with Crippen LogP contribution in [-0.4, -0.2) is 22.2 Å². The number of allylic oxidation sites excluding steroid dienone is 1. The highest BCUT2D eigenvalue weighted by Crippen LogP contribution is 2.66. The van der Waals surface area contributed by atoms with E-state index in [0.717, 1.165) is 37.0 Å². The minimum Gasteiger partial charge on any atom is -0.481 e. The van der Waals surface area contributed by atoms with Crippen LogP contribution in [0.2, 0.25) is 0 Å². The maximum Gasteiger partial charge on any atom is 0.331 e. The molecule has 0 aromatic carbocycles. The van der Waals surface area contributed by atoms with Crippen LogP contribution in [0.15, 0.2) is 11.6 Å². The van der Waals surface area contributed by atoms with Gasteiger partial charge in [0, 0.05) is 17.4 Å². The maximum absolute atomic E-state index is 12.1. The summed E-state index contributed by atoms with van der Waals surface area (Å²) in [6.07, 6.45) is 12.0. The summed E-state index contributed by atoms with van der Waals surface area (Å²) in [4.78, 5) is 23.4. The molecule has 3 aliphatic rings. The van der Waals surface area contributed by atoms with Crippen LogP contribution < -0.4 is 0 Å². The smallest absolute Gasteiger partial charge is 0.331 e. The Labute approximate surface area is 188 Å². The summed E-state index contributed by atoms with van der Waals surface area (Å²) < 4.78 is 0. The SMILES string of the molecule is CC(C)CCC[C@@H](C)C1CCC2C3CC=C(C(=O)O)[C@](C)(CCC(=O)O)C3CC[C@@]21C. The second-order valence-corrected chi connectivity index (χ2v) is 11.9. The van der Waals surface area contributed by atoms with Crippen molar-refractivity contribution in [3.05, 3.63) is 11.6 Å². The Morgan fingerprint density at radius 3 is 2.39 bits per heavy atom. The van der Waals surface area contributed by atoms with Crippen molar-refractivity contribution >= 4 is 11.9 Å². The van der Waals surface area contributed by atoms with Crippen molar-refractivity contribution in [3.63, 3.8) is 0 Å². The number of fused-ring (bicyclic) bond motifs is 3. The van der Waals surface area contributed by atoms with Gasteiger partial charge in [-0.1, -0.05) is 60.0 Å². The Morgan fingerprint density at radius 2 is 1.77 bits per heavy atom. The number of hydrogen-bond donors (Lipinski definition) is 2. The van der Waals surface area contributed by atoms with E-state index in [1.165, 1.54) is 32.1 Å².